The van der Waals surface area contributed by atoms with E-state index >= 15 is 0 Å². The number of rotatable bonds is 6. The summed E-state index contributed by atoms with van der Waals surface area (Å²) in [4.78, 5) is 0. The molecule has 2 nitrogen and oxygen atoms in total. The molecular formula is C14H22O2Si. The SMILES string of the molecule is C=C(CCC(O)CO)[Si](C)(C)c1ccccc1. The lowest BCUT2D eigenvalue weighted by atomic mass is 10.2. The molecule has 1 aromatic rings. The molecule has 1 aromatic carbocycles. The van der Waals surface area contributed by atoms with Crippen molar-refractivity contribution >= 4 is 13.3 Å². The highest BCUT2D eigenvalue weighted by Gasteiger charge is 2.26. The molecule has 94 valence electrons. The zero-order valence-corrected chi connectivity index (χ0v) is 11.7. The quantitative estimate of drug-likeness (QED) is 0.756. The Hall–Kier alpha value is -0.903. The number of hydrogen-bond acceptors (Lipinski definition) is 2. The number of allylic oxidation sites excluding steroid dienone is 1. The van der Waals surface area contributed by atoms with Crippen molar-refractivity contribution in [2.75, 3.05) is 6.61 Å². The molecule has 0 aromatic heterocycles. The molecule has 0 bridgehead atoms. The molecular weight excluding hydrogens is 228 g/mol. The van der Waals surface area contributed by atoms with Crippen LogP contribution in [0.5, 0.6) is 0 Å². The van der Waals surface area contributed by atoms with E-state index in [0.717, 1.165) is 6.42 Å². The third-order valence-corrected chi connectivity index (χ3v) is 7.16. The van der Waals surface area contributed by atoms with Gasteiger partial charge in [0.2, 0.25) is 0 Å². The Balaban J connectivity index is 2.67. The van der Waals surface area contributed by atoms with E-state index in [9.17, 15) is 5.11 Å². The summed E-state index contributed by atoms with van der Waals surface area (Å²) < 4.78 is 0. The van der Waals surface area contributed by atoms with Gasteiger partial charge in [-0.15, -0.1) is 6.58 Å². The van der Waals surface area contributed by atoms with E-state index < -0.39 is 14.2 Å². The standard InChI is InChI=1S/C14H22O2Si/c1-12(9-10-13(16)11-15)17(2,3)14-7-5-4-6-8-14/h4-8,13,15-16H,1,9-11H2,2-3H3. The average Bonchev–Trinajstić information content (AvgIpc) is 2.36. The molecule has 0 amide bonds. The summed E-state index contributed by atoms with van der Waals surface area (Å²) in [5, 5.41) is 20.7. The molecule has 0 aliphatic carbocycles. The maximum Gasteiger partial charge on any atom is 0.106 e. The number of hydrogen-bond donors (Lipinski definition) is 2. The number of benzene rings is 1. The molecule has 1 atom stereocenters. The average molecular weight is 250 g/mol. The van der Waals surface area contributed by atoms with Gasteiger partial charge in [0.25, 0.3) is 0 Å². The monoisotopic (exact) mass is 250 g/mol. The van der Waals surface area contributed by atoms with Crippen LogP contribution in [-0.2, 0) is 0 Å². The molecule has 0 saturated carbocycles. The van der Waals surface area contributed by atoms with Crippen LogP contribution in [0.1, 0.15) is 12.8 Å². The molecule has 2 N–H and O–H groups in total. The van der Waals surface area contributed by atoms with Crippen molar-refractivity contribution in [3.8, 4) is 0 Å². The zero-order chi connectivity index (χ0) is 12.9. The lowest BCUT2D eigenvalue weighted by molar-refractivity contribution is 0.0889. The maximum atomic E-state index is 9.37. The second-order valence-electron chi connectivity index (χ2n) is 4.97. The van der Waals surface area contributed by atoms with Crippen molar-refractivity contribution in [3.63, 3.8) is 0 Å². The Labute approximate surface area is 105 Å². The molecule has 0 fully saturated rings. The predicted octanol–water partition coefficient (Wildman–Crippen LogP) is 1.83. The lowest BCUT2D eigenvalue weighted by Gasteiger charge is -2.26. The minimum absolute atomic E-state index is 0.166. The zero-order valence-electron chi connectivity index (χ0n) is 10.7. The largest absolute Gasteiger partial charge is 0.394 e. The summed E-state index contributed by atoms with van der Waals surface area (Å²) in [7, 11) is -1.65. The van der Waals surface area contributed by atoms with Crippen LogP contribution in [0.4, 0.5) is 0 Å². The maximum absolute atomic E-state index is 9.37. The molecule has 0 aliphatic rings. The fourth-order valence-corrected chi connectivity index (χ4v) is 4.01. The topological polar surface area (TPSA) is 40.5 Å². The minimum atomic E-state index is -1.65. The molecule has 0 aliphatic heterocycles. The van der Waals surface area contributed by atoms with Crippen LogP contribution in [0, 0.1) is 0 Å². The summed E-state index contributed by atoms with van der Waals surface area (Å²) in [5.41, 5.74) is 0. The van der Waals surface area contributed by atoms with E-state index in [1.807, 2.05) is 6.07 Å². The summed E-state index contributed by atoms with van der Waals surface area (Å²) in [6, 6.07) is 10.4. The fraction of sp³-hybridized carbons (Fsp3) is 0.429. The van der Waals surface area contributed by atoms with Gasteiger partial charge in [0.1, 0.15) is 8.07 Å². The van der Waals surface area contributed by atoms with Crippen LogP contribution in [0.2, 0.25) is 13.1 Å². The Morgan fingerprint density at radius 2 is 1.88 bits per heavy atom. The smallest absolute Gasteiger partial charge is 0.106 e. The summed E-state index contributed by atoms with van der Waals surface area (Å²) >= 11 is 0. The van der Waals surface area contributed by atoms with Gasteiger partial charge in [0.15, 0.2) is 0 Å². The van der Waals surface area contributed by atoms with E-state index in [2.05, 4.69) is 43.9 Å². The van der Waals surface area contributed by atoms with Gasteiger partial charge in [0, 0.05) is 0 Å². The third kappa shape index (κ3) is 3.80. The first-order valence-corrected chi connectivity index (χ1v) is 9.01. The molecule has 1 rings (SSSR count). The van der Waals surface area contributed by atoms with Crippen molar-refractivity contribution in [2.45, 2.75) is 32.0 Å². The van der Waals surface area contributed by atoms with Gasteiger partial charge in [-0.2, -0.15) is 0 Å². The Morgan fingerprint density at radius 1 is 1.29 bits per heavy atom. The van der Waals surface area contributed by atoms with Gasteiger partial charge in [-0.05, 0) is 12.8 Å². The lowest BCUT2D eigenvalue weighted by Crippen LogP contribution is -2.43. The van der Waals surface area contributed by atoms with Crippen molar-refractivity contribution in [2.24, 2.45) is 0 Å². The number of aliphatic hydroxyl groups excluding tert-OH is 2. The minimum Gasteiger partial charge on any atom is -0.394 e. The molecule has 0 radical (unpaired) electrons. The van der Waals surface area contributed by atoms with Crippen molar-refractivity contribution in [1.29, 1.82) is 0 Å². The predicted molar refractivity (Wildman–Crippen MR) is 75.0 cm³/mol. The molecule has 0 spiro atoms. The highest BCUT2D eigenvalue weighted by molar-refractivity contribution is 6.95. The van der Waals surface area contributed by atoms with Crippen LogP contribution in [0.25, 0.3) is 0 Å². The van der Waals surface area contributed by atoms with Crippen molar-refractivity contribution in [1.82, 2.24) is 0 Å². The van der Waals surface area contributed by atoms with Gasteiger partial charge < -0.3 is 10.2 Å². The Bertz CT molecular complexity index is 360. The Kier molecular flexibility index (Phi) is 5.12. The molecule has 3 heteroatoms. The molecule has 0 heterocycles. The van der Waals surface area contributed by atoms with Crippen LogP contribution in [0.15, 0.2) is 42.1 Å². The van der Waals surface area contributed by atoms with Gasteiger partial charge >= 0.3 is 0 Å². The van der Waals surface area contributed by atoms with E-state index in [1.165, 1.54) is 10.4 Å². The third-order valence-electron chi connectivity index (χ3n) is 3.37. The molecule has 17 heavy (non-hydrogen) atoms. The number of aliphatic hydroxyl groups is 2. The van der Waals surface area contributed by atoms with E-state index in [1.54, 1.807) is 0 Å². The first-order valence-electron chi connectivity index (χ1n) is 6.01. The van der Waals surface area contributed by atoms with Gasteiger partial charge in [-0.1, -0.05) is 53.8 Å². The molecule has 0 saturated heterocycles. The summed E-state index contributed by atoms with van der Waals surface area (Å²) in [5.74, 6) is 0. The normalized spacial score (nSPS) is 13.4. The summed E-state index contributed by atoms with van der Waals surface area (Å²) in [6.07, 6.45) is 0.765. The molecule has 1 unspecified atom stereocenters. The van der Waals surface area contributed by atoms with E-state index in [4.69, 9.17) is 5.11 Å². The second kappa shape index (κ2) is 6.14. The first-order chi connectivity index (χ1) is 7.98. The van der Waals surface area contributed by atoms with Crippen LogP contribution in [0.3, 0.4) is 0 Å². The van der Waals surface area contributed by atoms with Crippen LogP contribution >= 0.6 is 0 Å². The van der Waals surface area contributed by atoms with Crippen LogP contribution < -0.4 is 5.19 Å². The van der Waals surface area contributed by atoms with Crippen LogP contribution in [-0.4, -0.2) is 31.0 Å². The second-order valence-corrected chi connectivity index (χ2v) is 9.50. The van der Waals surface area contributed by atoms with Gasteiger partial charge in [0.05, 0.1) is 12.7 Å². The van der Waals surface area contributed by atoms with Gasteiger partial charge in [-0.25, -0.2) is 0 Å². The first kappa shape index (κ1) is 14.2. The van der Waals surface area contributed by atoms with Crippen molar-refractivity contribution in [3.05, 3.63) is 42.1 Å². The highest BCUT2D eigenvalue weighted by Crippen LogP contribution is 2.19. The fourth-order valence-electron chi connectivity index (χ4n) is 1.80. The van der Waals surface area contributed by atoms with Gasteiger partial charge in [-0.3, -0.25) is 0 Å². The summed E-state index contributed by atoms with van der Waals surface area (Å²) in [6.45, 7) is 8.56. The van der Waals surface area contributed by atoms with E-state index in [0.29, 0.717) is 6.42 Å². The Morgan fingerprint density at radius 3 is 2.41 bits per heavy atom. The highest BCUT2D eigenvalue weighted by atomic mass is 28.3. The van der Waals surface area contributed by atoms with Crippen molar-refractivity contribution < 1.29 is 10.2 Å². The van der Waals surface area contributed by atoms with E-state index in [-0.39, 0.29) is 6.61 Å².